The molecule has 4 heteroatoms. The molecule has 1 aromatic heterocycles. The summed E-state index contributed by atoms with van der Waals surface area (Å²) < 4.78 is 7.72. The van der Waals surface area contributed by atoms with E-state index >= 15 is 0 Å². The lowest BCUT2D eigenvalue weighted by atomic mass is 9.98. The minimum atomic E-state index is 0.354. The predicted molar refractivity (Wildman–Crippen MR) is 77.2 cm³/mol. The molecule has 3 unspecified atom stereocenters. The van der Waals surface area contributed by atoms with Crippen LogP contribution in [0.2, 0.25) is 0 Å². The lowest BCUT2D eigenvalue weighted by molar-refractivity contribution is 0.0867. The third-order valence-corrected chi connectivity index (χ3v) is 4.43. The first-order valence-electron chi connectivity index (χ1n) is 7.39. The molecule has 1 N–H and O–H groups in total. The van der Waals surface area contributed by atoms with Crippen LogP contribution in [0.4, 0.5) is 0 Å². The van der Waals surface area contributed by atoms with Crippen molar-refractivity contribution in [2.24, 2.45) is 13.0 Å². The molecule has 1 fully saturated rings. The van der Waals surface area contributed by atoms with Crippen molar-refractivity contribution in [3.8, 4) is 0 Å². The molecule has 2 rings (SSSR count). The monoisotopic (exact) mass is 265 g/mol. The molecule has 108 valence electrons. The molecular formula is C15H27N3O. The zero-order valence-corrected chi connectivity index (χ0v) is 12.9. The zero-order valence-electron chi connectivity index (χ0n) is 12.9. The summed E-state index contributed by atoms with van der Waals surface area (Å²) in [6.07, 6.45) is 2.74. The first-order valence-corrected chi connectivity index (χ1v) is 7.39. The SMILES string of the molecule is CCC1OCCC1CNC(C)c1c(C)nn(C)c1C. The van der Waals surface area contributed by atoms with Crippen LogP contribution in [0, 0.1) is 19.8 Å². The number of nitrogens with one attached hydrogen (secondary N) is 1. The Morgan fingerprint density at radius 1 is 1.47 bits per heavy atom. The minimum Gasteiger partial charge on any atom is -0.378 e. The smallest absolute Gasteiger partial charge is 0.0644 e. The normalized spacial score (nSPS) is 24.9. The van der Waals surface area contributed by atoms with Crippen molar-refractivity contribution in [2.75, 3.05) is 13.2 Å². The van der Waals surface area contributed by atoms with Gasteiger partial charge in [-0.05, 0) is 39.5 Å². The van der Waals surface area contributed by atoms with E-state index in [4.69, 9.17) is 4.74 Å². The van der Waals surface area contributed by atoms with Crippen LogP contribution in [-0.2, 0) is 11.8 Å². The fourth-order valence-corrected chi connectivity index (χ4v) is 3.22. The molecule has 0 radical (unpaired) electrons. The summed E-state index contributed by atoms with van der Waals surface area (Å²) >= 11 is 0. The number of aryl methyl sites for hydroxylation is 2. The molecule has 3 atom stereocenters. The molecule has 1 aliphatic rings. The van der Waals surface area contributed by atoms with E-state index in [0.717, 1.165) is 25.3 Å². The van der Waals surface area contributed by atoms with Crippen molar-refractivity contribution in [3.05, 3.63) is 17.0 Å². The largest absolute Gasteiger partial charge is 0.378 e. The number of aromatic nitrogens is 2. The lowest BCUT2D eigenvalue weighted by Crippen LogP contribution is -2.30. The maximum Gasteiger partial charge on any atom is 0.0644 e. The van der Waals surface area contributed by atoms with Gasteiger partial charge < -0.3 is 10.1 Å². The van der Waals surface area contributed by atoms with Crippen LogP contribution in [0.3, 0.4) is 0 Å². The van der Waals surface area contributed by atoms with Gasteiger partial charge in [0.1, 0.15) is 0 Å². The first kappa shape index (κ1) is 14.5. The molecule has 0 saturated carbocycles. The number of ether oxygens (including phenoxy) is 1. The number of hydrogen-bond acceptors (Lipinski definition) is 3. The Bertz CT molecular complexity index is 427. The van der Waals surface area contributed by atoms with Gasteiger partial charge in [-0.25, -0.2) is 0 Å². The summed E-state index contributed by atoms with van der Waals surface area (Å²) in [6, 6.07) is 0.354. The van der Waals surface area contributed by atoms with Gasteiger partial charge in [0, 0.05) is 37.5 Å². The van der Waals surface area contributed by atoms with E-state index in [2.05, 4.69) is 38.1 Å². The summed E-state index contributed by atoms with van der Waals surface area (Å²) in [5.41, 5.74) is 3.73. The average molecular weight is 265 g/mol. The highest BCUT2D eigenvalue weighted by molar-refractivity contribution is 5.27. The fraction of sp³-hybridized carbons (Fsp3) is 0.800. The summed E-state index contributed by atoms with van der Waals surface area (Å²) in [7, 11) is 2.01. The van der Waals surface area contributed by atoms with Crippen LogP contribution < -0.4 is 5.32 Å². The molecule has 4 nitrogen and oxygen atoms in total. The maximum absolute atomic E-state index is 5.75. The maximum atomic E-state index is 5.75. The zero-order chi connectivity index (χ0) is 14.0. The van der Waals surface area contributed by atoms with Gasteiger partial charge in [0.2, 0.25) is 0 Å². The highest BCUT2D eigenvalue weighted by atomic mass is 16.5. The fourth-order valence-electron chi connectivity index (χ4n) is 3.22. The van der Waals surface area contributed by atoms with Crippen molar-refractivity contribution in [1.82, 2.24) is 15.1 Å². The van der Waals surface area contributed by atoms with E-state index in [1.807, 2.05) is 11.7 Å². The summed E-state index contributed by atoms with van der Waals surface area (Å²) in [5, 5.41) is 8.16. The van der Waals surface area contributed by atoms with Crippen LogP contribution in [-0.4, -0.2) is 29.0 Å². The van der Waals surface area contributed by atoms with Crippen molar-refractivity contribution in [3.63, 3.8) is 0 Å². The Kier molecular flexibility index (Phi) is 4.63. The van der Waals surface area contributed by atoms with Gasteiger partial charge in [0.25, 0.3) is 0 Å². The van der Waals surface area contributed by atoms with E-state index in [-0.39, 0.29) is 0 Å². The Balaban J connectivity index is 1.96. The molecule has 0 bridgehead atoms. The van der Waals surface area contributed by atoms with E-state index < -0.39 is 0 Å². The van der Waals surface area contributed by atoms with Gasteiger partial charge in [0.05, 0.1) is 11.8 Å². The van der Waals surface area contributed by atoms with E-state index in [9.17, 15) is 0 Å². The molecule has 0 spiro atoms. The van der Waals surface area contributed by atoms with Crippen molar-refractivity contribution in [1.29, 1.82) is 0 Å². The standard InChI is InChI=1S/C15H27N3O/c1-6-14-13(7-8-19-14)9-16-10(2)15-11(3)17-18(5)12(15)4/h10,13-14,16H,6-9H2,1-5H3. The van der Waals surface area contributed by atoms with Crippen molar-refractivity contribution < 1.29 is 4.74 Å². The van der Waals surface area contributed by atoms with Gasteiger partial charge >= 0.3 is 0 Å². The number of rotatable bonds is 5. The molecule has 0 aromatic carbocycles. The minimum absolute atomic E-state index is 0.354. The second kappa shape index (κ2) is 6.06. The Hall–Kier alpha value is -0.870. The summed E-state index contributed by atoms with van der Waals surface area (Å²) in [4.78, 5) is 0. The topological polar surface area (TPSA) is 39.1 Å². The molecule has 0 aliphatic carbocycles. The molecule has 1 aromatic rings. The van der Waals surface area contributed by atoms with Crippen LogP contribution in [0.1, 0.15) is 49.7 Å². The van der Waals surface area contributed by atoms with Crippen LogP contribution in [0.25, 0.3) is 0 Å². The van der Waals surface area contributed by atoms with Gasteiger partial charge in [-0.3, -0.25) is 4.68 Å². The molecule has 1 aliphatic heterocycles. The summed E-state index contributed by atoms with van der Waals surface area (Å²) in [6.45, 7) is 10.6. The average Bonchev–Trinajstić information content (AvgIpc) is 2.92. The molecule has 0 amide bonds. The third kappa shape index (κ3) is 3.00. The van der Waals surface area contributed by atoms with Crippen LogP contribution in [0.15, 0.2) is 0 Å². The lowest BCUT2D eigenvalue weighted by Gasteiger charge is -2.21. The molecule has 19 heavy (non-hydrogen) atoms. The quantitative estimate of drug-likeness (QED) is 0.889. The first-order chi connectivity index (χ1) is 9.04. The van der Waals surface area contributed by atoms with Crippen LogP contribution >= 0.6 is 0 Å². The molecule has 2 heterocycles. The van der Waals surface area contributed by atoms with Gasteiger partial charge in [-0.1, -0.05) is 6.92 Å². The predicted octanol–water partition coefficient (Wildman–Crippen LogP) is 2.50. The van der Waals surface area contributed by atoms with Crippen molar-refractivity contribution >= 4 is 0 Å². The Morgan fingerprint density at radius 3 is 2.79 bits per heavy atom. The second-order valence-electron chi connectivity index (χ2n) is 5.70. The van der Waals surface area contributed by atoms with Gasteiger partial charge in [-0.15, -0.1) is 0 Å². The van der Waals surface area contributed by atoms with E-state index in [1.54, 1.807) is 0 Å². The second-order valence-corrected chi connectivity index (χ2v) is 5.70. The highest BCUT2D eigenvalue weighted by Crippen LogP contribution is 2.25. The number of nitrogens with zero attached hydrogens (tertiary/aromatic N) is 2. The molecule has 1 saturated heterocycles. The van der Waals surface area contributed by atoms with E-state index in [1.165, 1.54) is 17.7 Å². The summed E-state index contributed by atoms with van der Waals surface area (Å²) in [5.74, 6) is 0.657. The third-order valence-electron chi connectivity index (χ3n) is 4.43. The van der Waals surface area contributed by atoms with Crippen molar-refractivity contribution in [2.45, 2.75) is 52.7 Å². The van der Waals surface area contributed by atoms with Gasteiger partial charge in [0.15, 0.2) is 0 Å². The number of hydrogen-bond donors (Lipinski definition) is 1. The Morgan fingerprint density at radius 2 is 2.21 bits per heavy atom. The Labute approximate surface area is 116 Å². The highest BCUT2D eigenvalue weighted by Gasteiger charge is 2.27. The van der Waals surface area contributed by atoms with Crippen LogP contribution in [0.5, 0.6) is 0 Å². The van der Waals surface area contributed by atoms with Gasteiger partial charge in [-0.2, -0.15) is 5.10 Å². The van der Waals surface area contributed by atoms with E-state index in [0.29, 0.717) is 18.1 Å². The molecular weight excluding hydrogens is 238 g/mol.